The molecule has 160 valence electrons. The Morgan fingerprint density at radius 2 is 1.68 bits per heavy atom. The standard InChI is InChI=1S/C23H26N6O2/c30-21(15-17-7-3-1-4-8-17)24-26-23(31)20-13-11-18(12-14-20)16-29-27-22(25-28-29)19-9-5-2-6-10-19/h2,5-6,9-14,17H,1,3-4,7-8,15-16H2,(H,24,30)(H,26,31). The van der Waals surface area contributed by atoms with Crippen LogP contribution in [-0.2, 0) is 11.3 Å². The fraction of sp³-hybridized carbons (Fsp3) is 0.348. The maximum absolute atomic E-state index is 12.3. The summed E-state index contributed by atoms with van der Waals surface area (Å²) >= 11 is 0. The number of aromatic nitrogens is 4. The molecular weight excluding hydrogens is 392 g/mol. The third-order valence-corrected chi connectivity index (χ3v) is 5.54. The molecule has 0 aliphatic heterocycles. The average molecular weight is 419 g/mol. The molecule has 31 heavy (non-hydrogen) atoms. The van der Waals surface area contributed by atoms with Crippen LogP contribution in [0.5, 0.6) is 0 Å². The molecule has 1 heterocycles. The van der Waals surface area contributed by atoms with Crippen LogP contribution in [0.25, 0.3) is 11.4 Å². The molecule has 0 spiro atoms. The second kappa shape index (κ2) is 9.97. The molecule has 3 aromatic rings. The Hall–Kier alpha value is -3.55. The van der Waals surface area contributed by atoms with Gasteiger partial charge < -0.3 is 0 Å². The summed E-state index contributed by atoms with van der Waals surface area (Å²) in [5.41, 5.74) is 7.35. The minimum Gasteiger partial charge on any atom is -0.273 e. The Labute approximate surface area is 181 Å². The molecule has 1 aliphatic rings. The van der Waals surface area contributed by atoms with Crippen LogP contribution in [0.1, 0.15) is 54.4 Å². The van der Waals surface area contributed by atoms with Crippen LogP contribution in [0, 0.1) is 5.92 Å². The van der Waals surface area contributed by atoms with E-state index in [1.54, 1.807) is 12.1 Å². The third-order valence-electron chi connectivity index (χ3n) is 5.54. The quantitative estimate of drug-likeness (QED) is 0.599. The fourth-order valence-corrected chi connectivity index (χ4v) is 3.84. The van der Waals surface area contributed by atoms with Crippen molar-refractivity contribution < 1.29 is 9.59 Å². The predicted octanol–water partition coefficient (Wildman–Crippen LogP) is 3.12. The van der Waals surface area contributed by atoms with Gasteiger partial charge in [-0.25, -0.2) is 0 Å². The van der Waals surface area contributed by atoms with Crippen molar-refractivity contribution in [3.63, 3.8) is 0 Å². The Morgan fingerprint density at radius 3 is 2.42 bits per heavy atom. The van der Waals surface area contributed by atoms with Crippen LogP contribution in [0.15, 0.2) is 54.6 Å². The summed E-state index contributed by atoms with van der Waals surface area (Å²) < 4.78 is 0. The van der Waals surface area contributed by atoms with Crippen LogP contribution in [0.2, 0.25) is 0 Å². The van der Waals surface area contributed by atoms with Gasteiger partial charge in [0.15, 0.2) is 0 Å². The summed E-state index contributed by atoms with van der Waals surface area (Å²) in [6.07, 6.45) is 6.29. The van der Waals surface area contributed by atoms with Gasteiger partial charge in [0.1, 0.15) is 0 Å². The number of carbonyl (C=O) groups excluding carboxylic acids is 2. The van der Waals surface area contributed by atoms with Crippen molar-refractivity contribution in [1.29, 1.82) is 0 Å². The summed E-state index contributed by atoms with van der Waals surface area (Å²) in [4.78, 5) is 25.9. The van der Waals surface area contributed by atoms with E-state index in [1.807, 2.05) is 42.5 Å². The van der Waals surface area contributed by atoms with Gasteiger partial charge in [-0.1, -0.05) is 61.7 Å². The van der Waals surface area contributed by atoms with Gasteiger partial charge in [0, 0.05) is 17.5 Å². The Kier molecular flexibility index (Phi) is 6.66. The second-order valence-electron chi connectivity index (χ2n) is 7.92. The molecular formula is C23H26N6O2. The first-order valence-corrected chi connectivity index (χ1v) is 10.7. The number of nitrogens with one attached hydrogen (secondary N) is 2. The van der Waals surface area contributed by atoms with Gasteiger partial charge in [-0.15, -0.1) is 10.2 Å². The molecule has 0 unspecified atom stereocenters. The zero-order valence-corrected chi connectivity index (χ0v) is 17.3. The lowest BCUT2D eigenvalue weighted by molar-refractivity contribution is -0.123. The first kappa shape index (κ1) is 20.7. The largest absolute Gasteiger partial charge is 0.273 e. The molecule has 8 nitrogen and oxygen atoms in total. The summed E-state index contributed by atoms with van der Waals surface area (Å²) in [5, 5.41) is 12.6. The number of rotatable bonds is 6. The number of carbonyl (C=O) groups is 2. The molecule has 4 rings (SSSR count). The minimum absolute atomic E-state index is 0.136. The van der Waals surface area contributed by atoms with E-state index in [-0.39, 0.29) is 11.8 Å². The maximum Gasteiger partial charge on any atom is 0.269 e. The summed E-state index contributed by atoms with van der Waals surface area (Å²) in [6, 6.07) is 16.8. The van der Waals surface area contributed by atoms with Crippen molar-refractivity contribution in [2.24, 2.45) is 5.92 Å². The van der Waals surface area contributed by atoms with Crippen LogP contribution in [-0.4, -0.2) is 32.0 Å². The highest BCUT2D eigenvalue weighted by Gasteiger charge is 2.17. The highest BCUT2D eigenvalue weighted by Crippen LogP contribution is 2.25. The Bertz CT molecular complexity index is 1010. The summed E-state index contributed by atoms with van der Waals surface area (Å²) in [7, 11) is 0. The molecule has 0 atom stereocenters. The number of hydrogen-bond acceptors (Lipinski definition) is 5. The van der Waals surface area contributed by atoms with Gasteiger partial charge in [0.25, 0.3) is 5.91 Å². The van der Waals surface area contributed by atoms with Gasteiger partial charge in [-0.3, -0.25) is 20.4 Å². The smallest absolute Gasteiger partial charge is 0.269 e. The number of nitrogens with zero attached hydrogens (tertiary/aromatic N) is 4. The predicted molar refractivity (Wildman–Crippen MR) is 116 cm³/mol. The van der Waals surface area contributed by atoms with E-state index in [0.717, 1.165) is 24.0 Å². The van der Waals surface area contributed by atoms with Crippen molar-refractivity contribution in [3.05, 3.63) is 65.7 Å². The molecule has 0 saturated heterocycles. The molecule has 2 N–H and O–H groups in total. The van der Waals surface area contributed by atoms with Crippen molar-refractivity contribution in [3.8, 4) is 11.4 Å². The first-order chi connectivity index (χ1) is 15.2. The summed E-state index contributed by atoms with van der Waals surface area (Å²) in [5.74, 6) is 0.524. The van der Waals surface area contributed by atoms with Crippen LogP contribution in [0.3, 0.4) is 0 Å². The molecule has 1 aromatic heterocycles. The normalized spacial score (nSPS) is 14.2. The highest BCUT2D eigenvalue weighted by molar-refractivity contribution is 5.95. The van der Waals surface area contributed by atoms with E-state index in [1.165, 1.54) is 24.1 Å². The van der Waals surface area contributed by atoms with Gasteiger partial charge in [-0.2, -0.15) is 4.80 Å². The van der Waals surface area contributed by atoms with Gasteiger partial charge in [-0.05, 0) is 41.7 Å². The first-order valence-electron chi connectivity index (χ1n) is 10.7. The molecule has 0 bridgehead atoms. The number of benzene rings is 2. The maximum atomic E-state index is 12.3. The zero-order valence-electron chi connectivity index (χ0n) is 17.3. The van der Waals surface area contributed by atoms with E-state index in [4.69, 9.17) is 0 Å². The minimum atomic E-state index is -0.339. The van der Waals surface area contributed by atoms with Crippen LogP contribution in [0.4, 0.5) is 0 Å². The number of hydrazine groups is 1. The zero-order chi connectivity index (χ0) is 21.5. The van der Waals surface area contributed by atoms with Crippen molar-refractivity contribution in [1.82, 2.24) is 31.1 Å². The SMILES string of the molecule is O=C(CC1CCCCC1)NNC(=O)c1ccc(Cn2nnc(-c3ccccc3)n2)cc1. The van der Waals surface area contributed by atoms with E-state index in [0.29, 0.717) is 30.3 Å². The number of amides is 2. The number of hydrogen-bond donors (Lipinski definition) is 2. The fourth-order valence-electron chi connectivity index (χ4n) is 3.84. The van der Waals surface area contributed by atoms with Crippen LogP contribution >= 0.6 is 0 Å². The average Bonchev–Trinajstić information content (AvgIpc) is 3.28. The molecule has 1 fully saturated rings. The van der Waals surface area contributed by atoms with Gasteiger partial charge in [0.2, 0.25) is 11.7 Å². The lowest BCUT2D eigenvalue weighted by Crippen LogP contribution is -2.42. The van der Waals surface area contributed by atoms with E-state index < -0.39 is 0 Å². The second-order valence-corrected chi connectivity index (χ2v) is 7.92. The van der Waals surface area contributed by atoms with E-state index >= 15 is 0 Å². The van der Waals surface area contributed by atoms with Crippen molar-refractivity contribution in [2.75, 3.05) is 0 Å². The lowest BCUT2D eigenvalue weighted by Gasteiger charge is -2.20. The van der Waals surface area contributed by atoms with Gasteiger partial charge >= 0.3 is 0 Å². The van der Waals surface area contributed by atoms with E-state index in [9.17, 15) is 9.59 Å². The van der Waals surface area contributed by atoms with E-state index in [2.05, 4.69) is 26.3 Å². The topological polar surface area (TPSA) is 102 Å². The van der Waals surface area contributed by atoms with Gasteiger partial charge in [0.05, 0.1) is 6.54 Å². The molecule has 2 aromatic carbocycles. The Balaban J connectivity index is 1.27. The number of tetrazole rings is 1. The molecule has 2 amide bonds. The Morgan fingerprint density at radius 1 is 0.935 bits per heavy atom. The van der Waals surface area contributed by atoms with Crippen LogP contribution < -0.4 is 10.9 Å². The van der Waals surface area contributed by atoms with Crippen molar-refractivity contribution >= 4 is 11.8 Å². The monoisotopic (exact) mass is 418 g/mol. The lowest BCUT2D eigenvalue weighted by atomic mass is 9.87. The highest BCUT2D eigenvalue weighted by atomic mass is 16.2. The molecule has 8 heteroatoms. The molecule has 1 saturated carbocycles. The van der Waals surface area contributed by atoms with Crippen molar-refractivity contribution in [2.45, 2.75) is 45.1 Å². The third kappa shape index (κ3) is 5.75. The molecule has 1 aliphatic carbocycles. The summed E-state index contributed by atoms with van der Waals surface area (Å²) in [6.45, 7) is 0.444. The molecule has 0 radical (unpaired) electrons.